The highest BCUT2D eigenvalue weighted by Gasteiger charge is 2.20. The quantitative estimate of drug-likeness (QED) is 0.764. The van der Waals surface area contributed by atoms with Crippen molar-refractivity contribution in [3.05, 3.63) is 29.1 Å². The Bertz CT molecular complexity index is 532. The summed E-state index contributed by atoms with van der Waals surface area (Å²) in [5.41, 5.74) is 0.405. The zero-order chi connectivity index (χ0) is 12.5. The molecule has 0 saturated heterocycles. The molecule has 16 heavy (non-hydrogen) atoms. The lowest BCUT2D eigenvalue weighted by atomic mass is 10.0. The highest BCUT2D eigenvalue weighted by Crippen LogP contribution is 2.22. The topological polar surface area (TPSA) is 51.2 Å². The van der Waals surface area contributed by atoms with Crippen LogP contribution >= 0.6 is 0 Å². The van der Waals surface area contributed by atoms with Crippen LogP contribution in [0.25, 0.3) is 0 Å². The molecule has 0 aromatic heterocycles. The fraction of sp³-hybridized carbons (Fsp3) is 0.364. The fourth-order valence-corrected chi connectivity index (χ4v) is 2.33. The summed E-state index contributed by atoms with van der Waals surface area (Å²) in [6.45, 7) is 3.00. The van der Waals surface area contributed by atoms with Crippen LogP contribution in [-0.2, 0) is 16.3 Å². The molecule has 0 radical (unpaired) electrons. The minimum atomic E-state index is -3.59. The van der Waals surface area contributed by atoms with Gasteiger partial charge in [0.2, 0.25) is 0 Å². The number of benzene rings is 1. The highest BCUT2D eigenvalue weighted by atomic mass is 32.2. The van der Waals surface area contributed by atoms with Gasteiger partial charge >= 0.3 is 0 Å². The maximum atomic E-state index is 13.9. The van der Waals surface area contributed by atoms with E-state index in [0.29, 0.717) is 0 Å². The van der Waals surface area contributed by atoms with Crippen molar-refractivity contribution >= 4 is 15.6 Å². The predicted molar refractivity (Wildman–Crippen MR) is 58.9 cm³/mol. The van der Waals surface area contributed by atoms with Gasteiger partial charge in [-0.05, 0) is 31.0 Å². The predicted octanol–water partition coefficient (Wildman–Crippen LogP) is 1.99. The zero-order valence-corrected chi connectivity index (χ0v) is 10.2. The molecule has 0 aliphatic carbocycles. The summed E-state index contributed by atoms with van der Waals surface area (Å²) < 4.78 is 36.4. The molecule has 0 N–H and O–H groups in total. The molecular weight excluding hydrogens is 231 g/mol. The maximum Gasteiger partial charge on any atom is 0.178 e. The van der Waals surface area contributed by atoms with Crippen LogP contribution in [0.5, 0.6) is 0 Å². The van der Waals surface area contributed by atoms with Gasteiger partial charge in [-0.3, -0.25) is 4.79 Å². The number of hydrogen-bond acceptors (Lipinski definition) is 3. The summed E-state index contributed by atoms with van der Waals surface area (Å²) in [6, 6.07) is 2.50. The largest absolute Gasteiger partial charge is 0.294 e. The fourth-order valence-electron chi connectivity index (χ4n) is 1.56. The van der Waals surface area contributed by atoms with Gasteiger partial charge in [-0.2, -0.15) is 0 Å². The normalized spacial score (nSPS) is 11.5. The third kappa shape index (κ3) is 2.29. The number of carbonyl (C=O) groups is 1. The standard InChI is InChI=1S/C11H13FO3S/c1-4-8-9(7(2)13)5-6-10(11(8)12)16(3,14)15/h5-6H,4H2,1-3H3. The van der Waals surface area contributed by atoms with E-state index in [1.54, 1.807) is 6.92 Å². The first-order chi connectivity index (χ1) is 7.29. The van der Waals surface area contributed by atoms with E-state index in [4.69, 9.17) is 0 Å². The zero-order valence-electron chi connectivity index (χ0n) is 9.37. The molecule has 1 aromatic rings. The number of halogens is 1. The van der Waals surface area contributed by atoms with Crippen molar-refractivity contribution in [2.45, 2.75) is 25.2 Å². The molecule has 5 heteroatoms. The molecule has 0 fully saturated rings. The maximum absolute atomic E-state index is 13.9. The van der Waals surface area contributed by atoms with Crippen molar-refractivity contribution in [3.63, 3.8) is 0 Å². The number of ketones is 1. The van der Waals surface area contributed by atoms with E-state index < -0.39 is 15.7 Å². The third-order valence-corrected chi connectivity index (χ3v) is 3.45. The molecule has 0 aliphatic heterocycles. The second kappa shape index (κ2) is 4.33. The Morgan fingerprint density at radius 1 is 1.38 bits per heavy atom. The first-order valence-electron chi connectivity index (χ1n) is 4.81. The monoisotopic (exact) mass is 244 g/mol. The van der Waals surface area contributed by atoms with E-state index in [0.717, 1.165) is 12.3 Å². The van der Waals surface area contributed by atoms with Gasteiger partial charge in [-0.25, -0.2) is 12.8 Å². The van der Waals surface area contributed by atoms with Gasteiger partial charge in [0.05, 0.1) is 0 Å². The Kier molecular flexibility index (Phi) is 3.48. The van der Waals surface area contributed by atoms with E-state index in [-0.39, 0.29) is 28.2 Å². The van der Waals surface area contributed by atoms with Crippen LogP contribution in [-0.4, -0.2) is 20.5 Å². The Morgan fingerprint density at radius 2 is 1.94 bits per heavy atom. The molecule has 3 nitrogen and oxygen atoms in total. The number of hydrogen-bond donors (Lipinski definition) is 0. The molecule has 0 amide bonds. The molecule has 0 bridgehead atoms. The van der Waals surface area contributed by atoms with Crippen molar-refractivity contribution in [2.24, 2.45) is 0 Å². The molecule has 0 aliphatic rings. The average molecular weight is 244 g/mol. The summed E-state index contributed by atoms with van der Waals surface area (Å²) in [7, 11) is -3.59. The molecule has 0 unspecified atom stereocenters. The highest BCUT2D eigenvalue weighted by molar-refractivity contribution is 7.90. The molecular formula is C11H13FO3S. The van der Waals surface area contributed by atoms with Gasteiger partial charge in [0.25, 0.3) is 0 Å². The summed E-state index contributed by atoms with van der Waals surface area (Å²) in [5, 5.41) is 0. The van der Waals surface area contributed by atoms with E-state index in [9.17, 15) is 17.6 Å². The first kappa shape index (κ1) is 12.8. The van der Waals surface area contributed by atoms with Gasteiger partial charge in [0, 0.05) is 11.8 Å². The summed E-state index contributed by atoms with van der Waals surface area (Å²) in [6.07, 6.45) is 1.22. The van der Waals surface area contributed by atoms with Crippen molar-refractivity contribution in [1.82, 2.24) is 0 Å². The SMILES string of the molecule is CCc1c(C(C)=O)ccc(S(C)(=O)=O)c1F. The summed E-state index contributed by atoms with van der Waals surface area (Å²) in [5.74, 6) is -1.08. The third-order valence-electron chi connectivity index (χ3n) is 2.34. The molecule has 1 rings (SSSR count). The lowest BCUT2D eigenvalue weighted by Crippen LogP contribution is -2.08. The molecule has 88 valence electrons. The minimum Gasteiger partial charge on any atom is -0.294 e. The molecule has 0 spiro atoms. The Labute approximate surface area is 94.2 Å². The van der Waals surface area contributed by atoms with Gasteiger partial charge in [0.15, 0.2) is 15.6 Å². The minimum absolute atomic E-state index is 0.162. The summed E-state index contributed by atoms with van der Waals surface area (Å²) >= 11 is 0. The average Bonchev–Trinajstić information content (AvgIpc) is 2.14. The van der Waals surface area contributed by atoms with Crippen molar-refractivity contribution < 1.29 is 17.6 Å². The van der Waals surface area contributed by atoms with Crippen LogP contribution in [0.1, 0.15) is 29.8 Å². The molecule has 0 atom stereocenters. The van der Waals surface area contributed by atoms with E-state index in [1.807, 2.05) is 0 Å². The van der Waals surface area contributed by atoms with Crippen LogP contribution in [0.4, 0.5) is 4.39 Å². The van der Waals surface area contributed by atoms with Crippen LogP contribution < -0.4 is 0 Å². The van der Waals surface area contributed by atoms with Crippen molar-refractivity contribution in [1.29, 1.82) is 0 Å². The summed E-state index contributed by atoms with van der Waals surface area (Å²) in [4.78, 5) is 10.9. The number of sulfone groups is 1. The smallest absolute Gasteiger partial charge is 0.178 e. The molecule has 0 heterocycles. The second-order valence-electron chi connectivity index (χ2n) is 3.59. The number of rotatable bonds is 3. The van der Waals surface area contributed by atoms with Gasteiger partial charge in [-0.15, -0.1) is 0 Å². The van der Waals surface area contributed by atoms with Crippen LogP contribution in [0, 0.1) is 5.82 Å². The second-order valence-corrected chi connectivity index (χ2v) is 5.57. The molecule has 0 saturated carbocycles. The van der Waals surface area contributed by atoms with Crippen LogP contribution in [0.3, 0.4) is 0 Å². The van der Waals surface area contributed by atoms with Crippen molar-refractivity contribution in [2.75, 3.05) is 6.26 Å². The van der Waals surface area contributed by atoms with E-state index in [2.05, 4.69) is 0 Å². The van der Waals surface area contributed by atoms with Crippen molar-refractivity contribution in [3.8, 4) is 0 Å². The Balaban J connectivity index is 3.59. The Morgan fingerprint density at radius 3 is 2.31 bits per heavy atom. The van der Waals surface area contributed by atoms with Crippen LogP contribution in [0.2, 0.25) is 0 Å². The Hall–Kier alpha value is -1.23. The van der Waals surface area contributed by atoms with Crippen LogP contribution in [0.15, 0.2) is 17.0 Å². The van der Waals surface area contributed by atoms with Gasteiger partial charge < -0.3 is 0 Å². The number of Topliss-reactive ketones (excluding diaryl/α,β-unsaturated/α-hetero) is 1. The lowest BCUT2D eigenvalue weighted by Gasteiger charge is -2.09. The van der Waals surface area contributed by atoms with Gasteiger partial charge in [0.1, 0.15) is 10.7 Å². The number of carbonyl (C=O) groups excluding carboxylic acids is 1. The van der Waals surface area contributed by atoms with E-state index >= 15 is 0 Å². The first-order valence-corrected chi connectivity index (χ1v) is 6.70. The van der Waals surface area contributed by atoms with E-state index in [1.165, 1.54) is 13.0 Å². The molecule has 1 aromatic carbocycles. The van der Waals surface area contributed by atoms with Gasteiger partial charge in [-0.1, -0.05) is 6.92 Å². The lowest BCUT2D eigenvalue weighted by molar-refractivity contribution is 0.101.